The van der Waals surface area contributed by atoms with Gasteiger partial charge in [-0.15, -0.1) is 11.8 Å². The lowest BCUT2D eigenvalue weighted by Gasteiger charge is -2.28. The van der Waals surface area contributed by atoms with Gasteiger partial charge in [0, 0.05) is 21.4 Å². The molecule has 1 aromatic carbocycles. The van der Waals surface area contributed by atoms with Crippen molar-refractivity contribution in [3.05, 3.63) is 41.2 Å². The minimum absolute atomic E-state index is 0.0915. The Morgan fingerprint density at radius 1 is 0.962 bits per heavy atom. The summed E-state index contributed by atoms with van der Waals surface area (Å²) in [6, 6.07) is 8.55. The summed E-state index contributed by atoms with van der Waals surface area (Å²) in [5, 5.41) is 13.1. The Kier molecular flexibility index (Phi) is 5.80. The Labute approximate surface area is 164 Å². The van der Waals surface area contributed by atoms with E-state index in [1.54, 1.807) is 0 Å². The van der Waals surface area contributed by atoms with Crippen LogP contribution < -0.4 is 5.38 Å². The molecular weight excluding hydrogens is 356 g/mol. The van der Waals surface area contributed by atoms with E-state index in [-0.39, 0.29) is 10.8 Å². The van der Waals surface area contributed by atoms with Crippen molar-refractivity contribution in [3.8, 4) is 5.75 Å². The van der Waals surface area contributed by atoms with Crippen molar-refractivity contribution in [2.45, 2.75) is 77.3 Å². The molecule has 0 unspecified atom stereocenters. The number of phenols is 1. The van der Waals surface area contributed by atoms with E-state index in [9.17, 15) is 5.11 Å². The van der Waals surface area contributed by atoms with Crippen molar-refractivity contribution in [2.24, 2.45) is 0 Å². The van der Waals surface area contributed by atoms with E-state index in [0.29, 0.717) is 5.75 Å². The third-order valence-corrected chi connectivity index (χ3v) is 10.3. The first-order chi connectivity index (χ1) is 11.7. The molecule has 2 rings (SSSR count). The average Bonchev–Trinajstić information content (AvgIpc) is 2.91. The molecule has 1 aromatic heterocycles. The highest BCUT2D eigenvalue weighted by atomic mass is 32.2. The van der Waals surface area contributed by atoms with Gasteiger partial charge in [0.15, 0.2) is 0 Å². The van der Waals surface area contributed by atoms with E-state index in [4.69, 9.17) is 4.42 Å². The summed E-state index contributed by atoms with van der Waals surface area (Å²) in [4.78, 5) is 1.24. The van der Waals surface area contributed by atoms with Gasteiger partial charge >= 0.3 is 0 Å². The lowest BCUT2D eigenvalue weighted by molar-refractivity contribution is 0.422. The number of thioether (sulfide) groups is 1. The zero-order valence-corrected chi connectivity index (χ0v) is 19.6. The Balaban J connectivity index is 2.37. The second kappa shape index (κ2) is 7.12. The van der Waals surface area contributed by atoms with Gasteiger partial charge in [0.2, 0.25) is 0 Å². The van der Waals surface area contributed by atoms with Gasteiger partial charge in [-0.2, -0.15) is 0 Å². The summed E-state index contributed by atoms with van der Waals surface area (Å²) in [5.74, 6) is 1.44. The van der Waals surface area contributed by atoms with Gasteiger partial charge in [0.1, 0.15) is 13.8 Å². The Hall–Kier alpha value is -1.13. The van der Waals surface area contributed by atoms with Crippen LogP contribution in [-0.2, 0) is 10.8 Å². The zero-order chi connectivity index (χ0) is 19.9. The van der Waals surface area contributed by atoms with E-state index >= 15 is 0 Å². The smallest absolute Gasteiger partial charge is 0.136 e. The first kappa shape index (κ1) is 21.2. The van der Waals surface area contributed by atoms with Crippen LogP contribution in [0.3, 0.4) is 0 Å². The predicted molar refractivity (Wildman–Crippen MR) is 117 cm³/mol. The van der Waals surface area contributed by atoms with Gasteiger partial charge in [-0.05, 0) is 42.0 Å². The van der Waals surface area contributed by atoms with E-state index in [1.165, 1.54) is 4.90 Å². The van der Waals surface area contributed by atoms with Gasteiger partial charge in [-0.3, -0.25) is 0 Å². The number of aryl methyl sites for hydroxylation is 1. The van der Waals surface area contributed by atoms with Crippen LogP contribution in [0.5, 0.6) is 5.75 Å². The topological polar surface area (TPSA) is 33.4 Å². The molecule has 0 amide bonds. The number of aromatic hydroxyl groups is 1. The lowest BCUT2D eigenvalue weighted by atomic mass is 9.79. The second-order valence-electron chi connectivity index (χ2n) is 9.95. The number of hydrogen-bond acceptors (Lipinski definition) is 3. The van der Waals surface area contributed by atoms with Crippen molar-refractivity contribution in [1.29, 1.82) is 0 Å². The lowest BCUT2D eigenvalue weighted by Crippen LogP contribution is -2.43. The molecule has 2 nitrogen and oxygen atoms in total. The Morgan fingerprint density at radius 2 is 1.46 bits per heavy atom. The molecule has 0 bridgehead atoms. The first-order valence-corrected chi connectivity index (χ1v) is 13.5. The fourth-order valence-electron chi connectivity index (χ4n) is 2.97. The molecule has 1 heterocycles. The minimum Gasteiger partial charge on any atom is -0.507 e. The highest BCUT2D eigenvalue weighted by molar-refractivity contribution is 8.01. The molecule has 0 saturated carbocycles. The summed E-state index contributed by atoms with van der Waals surface area (Å²) in [5.41, 5.74) is 1.87. The first-order valence-electron chi connectivity index (χ1n) is 9.29. The molecule has 0 spiro atoms. The largest absolute Gasteiger partial charge is 0.507 e. The summed E-state index contributed by atoms with van der Waals surface area (Å²) >= 11 is 1.89. The monoisotopic (exact) mass is 390 g/mol. The van der Waals surface area contributed by atoms with Crippen LogP contribution in [0, 0.1) is 6.92 Å². The third-order valence-electron chi connectivity index (χ3n) is 4.71. The van der Waals surface area contributed by atoms with Crippen LogP contribution in [0.25, 0.3) is 0 Å². The second-order valence-corrected chi connectivity index (χ2v) is 16.1. The molecular formula is C22H34O2SSi. The van der Waals surface area contributed by atoms with Crippen LogP contribution in [0.15, 0.2) is 33.6 Å². The van der Waals surface area contributed by atoms with Gasteiger partial charge in [0.25, 0.3) is 0 Å². The zero-order valence-electron chi connectivity index (χ0n) is 17.8. The normalized spacial score (nSPS) is 13.3. The van der Waals surface area contributed by atoms with Gasteiger partial charge < -0.3 is 9.52 Å². The maximum Gasteiger partial charge on any atom is 0.136 e. The van der Waals surface area contributed by atoms with Crippen molar-refractivity contribution < 1.29 is 9.52 Å². The average molecular weight is 391 g/mol. The summed E-state index contributed by atoms with van der Waals surface area (Å²) < 4.78 is 5.92. The number of rotatable bonds is 4. The number of phenolic OH excluding ortho intramolecular Hbond substituents is 1. The van der Waals surface area contributed by atoms with E-state index in [1.807, 2.05) is 18.7 Å². The molecule has 0 aliphatic carbocycles. The Bertz CT molecular complexity index is 741. The van der Waals surface area contributed by atoms with Gasteiger partial charge in [0.05, 0.1) is 11.1 Å². The quantitative estimate of drug-likeness (QED) is 0.503. The number of furan rings is 1. The number of benzene rings is 1. The van der Waals surface area contributed by atoms with E-state index in [0.717, 1.165) is 27.6 Å². The van der Waals surface area contributed by atoms with Gasteiger partial charge in [-0.1, -0.05) is 54.6 Å². The van der Waals surface area contributed by atoms with Crippen molar-refractivity contribution in [1.82, 2.24) is 0 Å². The molecule has 0 aliphatic heterocycles. The maximum atomic E-state index is 10.9. The molecule has 26 heavy (non-hydrogen) atoms. The van der Waals surface area contributed by atoms with Crippen LogP contribution in [0.2, 0.25) is 13.1 Å². The maximum absolute atomic E-state index is 10.9. The molecule has 0 aliphatic rings. The highest BCUT2D eigenvalue weighted by Crippen LogP contribution is 2.42. The molecule has 4 heteroatoms. The number of hydrogen-bond donors (Lipinski definition) is 1. The van der Waals surface area contributed by atoms with Crippen LogP contribution in [-0.4, -0.2) is 18.6 Å². The van der Waals surface area contributed by atoms with Crippen LogP contribution in [0.1, 0.15) is 58.4 Å². The third kappa shape index (κ3) is 4.77. The fourth-order valence-corrected chi connectivity index (χ4v) is 7.02. The van der Waals surface area contributed by atoms with Crippen molar-refractivity contribution in [3.63, 3.8) is 0 Å². The van der Waals surface area contributed by atoms with Crippen LogP contribution in [0.4, 0.5) is 0 Å². The standard InChI is InChI=1S/C22H34O2SSi/c1-15-10-11-19(24-15)26(8,9)14-25-16-12-17(21(2,3)4)20(23)18(13-16)22(5,6)7/h10-13,23H,14H2,1-9H3. The van der Waals surface area contributed by atoms with Crippen molar-refractivity contribution in [2.75, 3.05) is 5.38 Å². The molecule has 0 fully saturated rings. The van der Waals surface area contributed by atoms with E-state index < -0.39 is 8.07 Å². The SMILES string of the molecule is Cc1ccc([Si](C)(C)CSc2cc(C(C)(C)C)c(O)c(C(C)(C)C)c2)o1. The molecule has 0 saturated heterocycles. The minimum atomic E-state index is -1.65. The summed E-state index contributed by atoms with van der Waals surface area (Å²) in [7, 11) is -1.65. The Morgan fingerprint density at radius 3 is 1.85 bits per heavy atom. The molecule has 144 valence electrons. The van der Waals surface area contributed by atoms with E-state index in [2.05, 4.69) is 78.9 Å². The molecule has 2 aromatic rings. The highest BCUT2D eigenvalue weighted by Gasteiger charge is 2.30. The van der Waals surface area contributed by atoms with Crippen molar-refractivity contribution >= 4 is 25.2 Å². The van der Waals surface area contributed by atoms with Gasteiger partial charge in [-0.25, -0.2) is 0 Å². The molecule has 0 atom stereocenters. The summed E-state index contributed by atoms with van der Waals surface area (Å²) in [6.45, 7) is 19.7. The van der Waals surface area contributed by atoms with Crippen LogP contribution >= 0.6 is 11.8 Å². The molecule has 0 radical (unpaired) electrons. The predicted octanol–water partition coefficient (Wildman–Crippen LogP) is 6.14. The molecule has 1 N–H and O–H groups in total. The summed E-state index contributed by atoms with van der Waals surface area (Å²) in [6.07, 6.45) is 0. The fraction of sp³-hybridized carbons (Fsp3) is 0.545.